The lowest BCUT2D eigenvalue weighted by Gasteiger charge is -2.36. The van der Waals surface area contributed by atoms with Gasteiger partial charge in [-0.3, -0.25) is 0 Å². The van der Waals surface area contributed by atoms with E-state index < -0.39 is 37.4 Å². The first-order chi connectivity index (χ1) is 5.57. The van der Waals surface area contributed by atoms with Gasteiger partial charge in [0.1, 0.15) is 18.3 Å². The van der Waals surface area contributed by atoms with Crippen LogP contribution in [0.15, 0.2) is 0 Å². The molecule has 1 saturated heterocycles. The van der Waals surface area contributed by atoms with Crippen LogP contribution in [0.4, 0.5) is 4.39 Å². The Hall–Kier alpha value is -0.270. The molecule has 1 heterocycles. The predicted molar refractivity (Wildman–Crippen MR) is 34.9 cm³/mol. The van der Waals surface area contributed by atoms with Gasteiger partial charge in [0.25, 0.3) is 0 Å². The van der Waals surface area contributed by atoms with Crippen molar-refractivity contribution in [2.45, 2.75) is 30.8 Å². The van der Waals surface area contributed by atoms with Gasteiger partial charge in [0.2, 0.25) is 0 Å². The minimum absolute atomic E-state index is 0.606. The summed E-state index contributed by atoms with van der Waals surface area (Å²) in [6, 6.07) is 0. The van der Waals surface area contributed by atoms with Crippen molar-refractivity contribution in [3.63, 3.8) is 0 Å². The number of aliphatic hydroxyl groups is 4. The number of aliphatic hydroxyl groups excluding tert-OH is 4. The molecule has 5 nitrogen and oxygen atoms in total. The highest BCUT2D eigenvalue weighted by Gasteiger charge is 2.43. The summed E-state index contributed by atoms with van der Waals surface area (Å²) in [5, 5.41) is 35.2. The van der Waals surface area contributed by atoms with Gasteiger partial charge in [-0.2, -0.15) is 0 Å². The number of rotatable bonds is 1. The van der Waals surface area contributed by atoms with Crippen LogP contribution in [-0.4, -0.2) is 57.8 Å². The Balaban J connectivity index is 2.63. The highest BCUT2D eigenvalue weighted by molar-refractivity contribution is 4.88. The fourth-order valence-electron chi connectivity index (χ4n) is 1.06. The Kier molecular flexibility index (Phi) is 2.97. The maximum atomic E-state index is 12.8. The van der Waals surface area contributed by atoms with E-state index >= 15 is 0 Å². The first-order valence-corrected chi connectivity index (χ1v) is 3.52. The third-order valence-electron chi connectivity index (χ3n) is 1.82. The zero-order valence-electron chi connectivity index (χ0n) is 6.17. The highest BCUT2D eigenvalue weighted by atomic mass is 19.1. The Morgan fingerprint density at radius 1 is 1.17 bits per heavy atom. The lowest BCUT2D eigenvalue weighted by molar-refractivity contribution is -0.274. The fraction of sp³-hybridized carbons (Fsp3) is 1.00. The van der Waals surface area contributed by atoms with E-state index in [0.29, 0.717) is 0 Å². The molecule has 0 radical (unpaired) electrons. The molecule has 0 aromatic heterocycles. The molecular weight excluding hydrogens is 172 g/mol. The summed E-state index contributed by atoms with van der Waals surface area (Å²) in [5.74, 6) is 0. The average Bonchev–Trinajstić information content (AvgIpc) is 2.08. The lowest BCUT2D eigenvalue weighted by Crippen LogP contribution is -2.56. The van der Waals surface area contributed by atoms with Crippen molar-refractivity contribution in [2.75, 3.05) is 6.61 Å². The molecule has 0 saturated carbocycles. The first kappa shape index (κ1) is 9.82. The van der Waals surface area contributed by atoms with E-state index in [4.69, 9.17) is 20.4 Å². The van der Waals surface area contributed by atoms with Gasteiger partial charge in [0.05, 0.1) is 6.61 Å². The highest BCUT2D eigenvalue weighted by Crippen LogP contribution is 2.21. The number of hydrogen-bond donors (Lipinski definition) is 4. The van der Waals surface area contributed by atoms with Crippen LogP contribution in [0.1, 0.15) is 0 Å². The molecular formula is C6H11FO5. The number of alkyl halides is 1. The van der Waals surface area contributed by atoms with Crippen LogP contribution in [-0.2, 0) is 4.74 Å². The SMILES string of the molecule is OC[C@H]1O[13CH](O)[C@H](O)[C@@H](F)[C@@H]1O. The molecule has 5 atom stereocenters. The second-order valence-electron chi connectivity index (χ2n) is 2.67. The van der Waals surface area contributed by atoms with Crippen LogP contribution in [0.25, 0.3) is 0 Å². The van der Waals surface area contributed by atoms with Crippen LogP contribution < -0.4 is 0 Å². The van der Waals surface area contributed by atoms with Crippen LogP contribution in [0.5, 0.6) is 0 Å². The third-order valence-corrected chi connectivity index (χ3v) is 1.82. The van der Waals surface area contributed by atoms with Gasteiger partial charge in [-0.05, 0) is 0 Å². The van der Waals surface area contributed by atoms with Gasteiger partial charge >= 0.3 is 0 Å². The molecule has 1 unspecified atom stereocenters. The second-order valence-corrected chi connectivity index (χ2v) is 2.67. The van der Waals surface area contributed by atoms with Gasteiger partial charge in [-0.25, -0.2) is 4.39 Å². The second kappa shape index (κ2) is 3.63. The van der Waals surface area contributed by atoms with Crippen molar-refractivity contribution < 1.29 is 29.6 Å². The van der Waals surface area contributed by atoms with Gasteiger partial charge in [-0.1, -0.05) is 0 Å². The monoisotopic (exact) mass is 183 g/mol. The molecule has 1 rings (SSSR count). The summed E-state index contributed by atoms with van der Waals surface area (Å²) in [6.07, 6.45) is -8.24. The van der Waals surface area contributed by atoms with Gasteiger partial charge in [0, 0.05) is 0 Å². The van der Waals surface area contributed by atoms with Gasteiger partial charge in [-0.15, -0.1) is 0 Å². The molecule has 0 spiro atoms. The van der Waals surface area contributed by atoms with Gasteiger partial charge < -0.3 is 25.2 Å². The molecule has 0 amide bonds. The minimum atomic E-state index is -1.99. The lowest BCUT2D eigenvalue weighted by atomic mass is 10.1. The fourth-order valence-corrected chi connectivity index (χ4v) is 1.06. The van der Waals surface area contributed by atoms with E-state index in [9.17, 15) is 4.39 Å². The van der Waals surface area contributed by atoms with E-state index in [1.54, 1.807) is 0 Å². The zero-order chi connectivity index (χ0) is 9.30. The molecule has 4 N–H and O–H groups in total. The van der Waals surface area contributed by atoms with Crippen molar-refractivity contribution in [2.24, 2.45) is 0 Å². The Labute approximate surface area is 68.0 Å². The van der Waals surface area contributed by atoms with Crippen LogP contribution >= 0.6 is 0 Å². The Morgan fingerprint density at radius 3 is 2.25 bits per heavy atom. The van der Waals surface area contributed by atoms with E-state index in [0.717, 1.165) is 0 Å². The Bertz CT molecular complexity index is 150. The molecule has 1 aliphatic heterocycles. The molecule has 6 heteroatoms. The zero-order valence-corrected chi connectivity index (χ0v) is 6.17. The molecule has 1 aliphatic rings. The quantitative estimate of drug-likeness (QED) is 0.345. The number of hydrogen-bond acceptors (Lipinski definition) is 5. The van der Waals surface area contributed by atoms with E-state index in [1.807, 2.05) is 0 Å². The molecule has 0 aromatic carbocycles. The summed E-state index contributed by atoms with van der Waals surface area (Å²) in [4.78, 5) is 0. The van der Waals surface area contributed by atoms with Crippen molar-refractivity contribution >= 4 is 0 Å². The summed E-state index contributed by atoms with van der Waals surface area (Å²) >= 11 is 0. The van der Waals surface area contributed by atoms with Crippen molar-refractivity contribution in [3.8, 4) is 0 Å². The first-order valence-electron chi connectivity index (χ1n) is 3.52. The Morgan fingerprint density at radius 2 is 1.75 bits per heavy atom. The van der Waals surface area contributed by atoms with Crippen molar-refractivity contribution in [1.29, 1.82) is 0 Å². The maximum absolute atomic E-state index is 12.8. The summed E-state index contributed by atoms with van der Waals surface area (Å²) in [7, 11) is 0. The maximum Gasteiger partial charge on any atom is 0.184 e. The van der Waals surface area contributed by atoms with Crippen LogP contribution in [0.3, 0.4) is 0 Å². The van der Waals surface area contributed by atoms with Gasteiger partial charge in [0.15, 0.2) is 12.5 Å². The predicted octanol–water partition coefficient (Wildman–Crippen LogP) is -2.24. The molecule has 0 aliphatic carbocycles. The van der Waals surface area contributed by atoms with Crippen LogP contribution in [0.2, 0.25) is 0 Å². The minimum Gasteiger partial charge on any atom is -0.394 e. The summed E-state index contributed by atoms with van der Waals surface area (Å²) in [5.41, 5.74) is 0. The van der Waals surface area contributed by atoms with Crippen molar-refractivity contribution in [3.05, 3.63) is 0 Å². The number of ether oxygens (including phenoxy) is 1. The van der Waals surface area contributed by atoms with Crippen molar-refractivity contribution in [1.82, 2.24) is 0 Å². The molecule has 1 fully saturated rings. The third kappa shape index (κ3) is 1.57. The average molecular weight is 183 g/mol. The van der Waals surface area contributed by atoms with E-state index in [-0.39, 0.29) is 0 Å². The molecule has 0 aromatic rings. The summed E-state index contributed by atoms with van der Waals surface area (Å²) < 4.78 is 17.3. The van der Waals surface area contributed by atoms with E-state index in [2.05, 4.69) is 4.74 Å². The van der Waals surface area contributed by atoms with Crippen LogP contribution in [0, 0.1) is 0 Å². The standard InChI is InChI=1S/C6H11FO5/c7-3-4(9)2(1-8)12-6(11)5(3)10/h2-6,8-11H,1H2/t2-,3+,4-,5-,6?/m1/s1/i6+1. The van der Waals surface area contributed by atoms with E-state index in [1.165, 1.54) is 0 Å². The molecule has 0 bridgehead atoms. The normalized spacial score (nSPS) is 49.2. The molecule has 72 valence electrons. The summed E-state index contributed by atoms with van der Waals surface area (Å²) in [6.45, 7) is -0.606. The number of halogens is 1. The topological polar surface area (TPSA) is 90.2 Å². The smallest absolute Gasteiger partial charge is 0.184 e. The largest absolute Gasteiger partial charge is 0.394 e. The molecule has 12 heavy (non-hydrogen) atoms.